The average molecular weight is 280 g/mol. The Kier molecular flexibility index (Phi) is 3.61. The zero-order chi connectivity index (χ0) is 14.3. The lowest BCUT2D eigenvalue weighted by molar-refractivity contribution is -0.142. The molecule has 3 saturated heterocycles. The van der Waals surface area contributed by atoms with Crippen LogP contribution in [-0.4, -0.2) is 52.1 Å². The second-order valence-corrected chi connectivity index (χ2v) is 6.69. The van der Waals surface area contributed by atoms with Crippen molar-refractivity contribution >= 4 is 12.0 Å². The van der Waals surface area contributed by atoms with E-state index >= 15 is 0 Å². The number of fused-ring (bicyclic) bond motifs is 2. The largest absolute Gasteiger partial charge is 0.481 e. The molecule has 3 aliphatic heterocycles. The van der Waals surface area contributed by atoms with Crippen LogP contribution < -0.4 is 0 Å². The number of hydrogen-bond acceptors (Lipinski definition) is 2. The summed E-state index contributed by atoms with van der Waals surface area (Å²) in [5.41, 5.74) is 0. The number of likely N-dealkylation sites (tertiary alicyclic amines) is 1. The molecule has 3 fully saturated rings. The van der Waals surface area contributed by atoms with Crippen molar-refractivity contribution in [3.05, 3.63) is 0 Å². The van der Waals surface area contributed by atoms with Crippen LogP contribution >= 0.6 is 0 Å². The summed E-state index contributed by atoms with van der Waals surface area (Å²) in [6, 6.07) is 0.190. The Hall–Kier alpha value is -1.26. The Bertz CT molecular complexity index is 412. The molecule has 112 valence electrons. The summed E-state index contributed by atoms with van der Waals surface area (Å²) in [7, 11) is 0. The van der Waals surface area contributed by atoms with Crippen molar-refractivity contribution in [1.82, 2.24) is 9.80 Å². The monoisotopic (exact) mass is 280 g/mol. The Morgan fingerprint density at radius 3 is 2.60 bits per heavy atom. The van der Waals surface area contributed by atoms with Crippen molar-refractivity contribution in [3.63, 3.8) is 0 Å². The Balaban J connectivity index is 1.70. The molecule has 5 nitrogen and oxygen atoms in total. The highest BCUT2D eigenvalue weighted by Gasteiger charge is 2.52. The second kappa shape index (κ2) is 5.26. The number of hydrogen-bond donors (Lipinski definition) is 1. The van der Waals surface area contributed by atoms with Crippen LogP contribution in [0.15, 0.2) is 0 Å². The van der Waals surface area contributed by atoms with Crippen LogP contribution in [0.5, 0.6) is 0 Å². The van der Waals surface area contributed by atoms with Crippen molar-refractivity contribution in [2.24, 2.45) is 11.8 Å². The van der Waals surface area contributed by atoms with Gasteiger partial charge in [0.05, 0.1) is 5.92 Å². The molecule has 0 aromatic heterocycles. The molecular weight excluding hydrogens is 256 g/mol. The van der Waals surface area contributed by atoms with Gasteiger partial charge in [0.2, 0.25) is 0 Å². The van der Waals surface area contributed by atoms with E-state index in [1.807, 2.05) is 9.80 Å². The smallest absolute Gasteiger partial charge is 0.320 e. The predicted molar refractivity (Wildman–Crippen MR) is 74.4 cm³/mol. The number of rotatable bonds is 1. The van der Waals surface area contributed by atoms with Gasteiger partial charge in [0.15, 0.2) is 0 Å². The summed E-state index contributed by atoms with van der Waals surface area (Å²) in [5.74, 6) is -0.391. The standard InChI is InChI=1S/C15H24N2O3/c1-10-3-2-7-16(8-6-10)15(20)17-11-4-5-13(17)12(9-11)14(18)19/h10-13H,2-9H2,1H3,(H,18,19). The maximum absolute atomic E-state index is 12.7. The van der Waals surface area contributed by atoms with Crippen LogP contribution in [0, 0.1) is 11.8 Å². The van der Waals surface area contributed by atoms with E-state index in [9.17, 15) is 14.7 Å². The molecule has 0 radical (unpaired) electrons. The lowest BCUT2D eigenvalue weighted by Crippen LogP contribution is -2.47. The number of carboxylic acids is 1. The molecule has 0 aromatic carbocycles. The molecule has 2 bridgehead atoms. The van der Waals surface area contributed by atoms with Gasteiger partial charge in [-0.1, -0.05) is 6.92 Å². The normalized spacial score (nSPS) is 37.0. The molecule has 0 saturated carbocycles. The molecule has 3 aliphatic rings. The van der Waals surface area contributed by atoms with Gasteiger partial charge in [-0.3, -0.25) is 4.79 Å². The first-order valence-corrected chi connectivity index (χ1v) is 7.88. The highest BCUT2D eigenvalue weighted by Crippen LogP contribution is 2.42. The maximum Gasteiger partial charge on any atom is 0.320 e. The van der Waals surface area contributed by atoms with Crippen molar-refractivity contribution in [3.8, 4) is 0 Å². The zero-order valence-corrected chi connectivity index (χ0v) is 12.1. The van der Waals surface area contributed by atoms with Crippen LogP contribution in [0.4, 0.5) is 4.79 Å². The quantitative estimate of drug-likeness (QED) is 0.800. The van der Waals surface area contributed by atoms with E-state index in [1.165, 1.54) is 6.42 Å². The summed E-state index contributed by atoms with van der Waals surface area (Å²) < 4.78 is 0. The molecule has 5 heteroatoms. The van der Waals surface area contributed by atoms with Crippen molar-refractivity contribution in [2.45, 2.75) is 57.5 Å². The van der Waals surface area contributed by atoms with Gasteiger partial charge in [0.25, 0.3) is 0 Å². The van der Waals surface area contributed by atoms with Gasteiger partial charge >= 0.3 is 12.0 Å². The maximum atomic E-state index is 12.7. The van der Waals surface area contributed by atoms with Gasteiger partial charge in [-0.2, -0.15) is 0 Å². The number of carbonyl (C=O) groups is 2. The molecule has 4 atom stereocenters. The third kappa shape index (κ3) is 2.27. The minimum absolute atomic E-state index is 0.0642. The zero-order valence-electron chi connectivity index (χ0n) is 12.1. The summed E-state index contributed by atoms with van der Waals surface area (Å²) in [6.45, 7) is 3.90. The van der Waals surface area contributed by atoms with Gasteiger partial charge < -0.3 is 14.9 Å². The Morgan fingerprint density at radius 2 is 1.90 bits per heavy atom. The van der Waals surface area contributed by atoms with Crippen LogP contribution in [0.25, 0.3) is 0 Å². The van der Waals surface area contributed by atoms with E-state index in [0.717, 1.165) is 38.8 Å². The SMILES string of the molecule is CC1CCCN(C(=O)N2C3CCC2C(C(=O)O)C3)CC1. The highest BCUT2D eigenvalue weighted by atomic mass is 16.4. The van der Waals surface area contributed by atoms with Gasteiger partial charge in [-0.05, 0) is 44.4 Å². The van der Waals surface area contributed by atoms with E-state index in [2.05, 4.69) is 6.92 Å². The molecule has 4 unspecified atom stereocenters. The first-order valence-electron chi connectivity index (χ1n) is 7.88. The summed E-state index contributed by atoms with van der Waals surface area (Å²) in [5, 5.41) is 9.27. The lowest BCUT2D eigenvalue weighted by Gasteiger charge is -2.30. The van der Waals surface area contributed by atoms with Gasteiger partial charge in [0.1, 0.15) is 0 Å². The molecule has 20 heavy (non-hydrogen) atoms. The van der Waals surface area contributed by atoms with E-state index in [0.29, 0.717) is 12.3 Å². The predicted octanol–water partition coefficient (Wildman–Crippen LogP) is 2.17. The van der Waals surface area contributed by atoms with Crippen LogP contribution in [-0.2, 0) is 4.79 Å². The molecule has 3 heterocycles. The minimum atomic E-state index is -0.737. The van der Waals surface area contributed by atoms with Crippen molar-refractivity contribution < 1.29 is 14.7 Å². The molecule has 0 aromatic rings. The number of amides is 2. The van der Waals surface area contributed by atoms with Gasteiger partial charge in [0, 0.05) is 25.2 Å². The topological polar surface area (TPSA) is 60.9 Å². The minimum Gasteiger partial charge on any atom is -0.481 e. The third-order valence-electron chi connectivity index (χ3n) is 5.36. The fourth-order valence-electron chi connectivity index (χ4n) is 4.17. The van der Waals surface area contributed by atoms with Crippen LogP contribution in [0.2, 0.25) is 0 Å². The molecule has 0 aliphatic carbocycles. The number of urea groups is 1. The van der Waals surface area contributed by atoms with Crippen molar-refractivity contribution in [1.29, 1.82) is 0 Å². The molecule has 1 N–H and O–H groups in total. The first-order chi connectivity index (χ1) is 9.58. The fraction of sp³-hybridized carbons (Fsp3) is 0.867. The molecular formula is C15H24N2O3. The highest BCUT2D eigenvalue weighted by molar-refractivity contribution is 5.79. The summed E-state index contributed by atoms with van der Waals surface area (Å²) in [4.78, 5) is 27.9. The number of carbonyl (C=O) groups excluding carboxylic acids is 1. The van der Waals surface area contributed by atoms with E-state index < -0.39 is 5.97 Å². The average Bonchev–Trinajstić information content (AvgIpc) is 2.91. The first kappa shape index (κ1) is 13.7. The number of nitrogens with zero attached hydrogens (tertiary/aromatic N) is 2. The summed E-state index contributed by atoms with van der Waals surface area (Å²) in [6.07, 6.45) is 5.81. The van der Waals surface area contributed by atoms with Crippen LogP contribution in [0.3, 0.4) is 0 Å². The van der Waals surface area contributed by atoms with E-state index in [-0.39, 0.29) is 24.0 Å². The van der Waals surface area contributed by atoms with Crippen molar-refractivity contribution in [2.75, 3.05) is 13.1 Å². The van der Waals surface area contributed by atoms with E-state index in [4.69, 9.17) is 0 Å². The molecule has 2 amide bonds. The number of carboxylic acid groups (broad SMARTS) is 1. The molecule has 3 rings (SSSR count). The third-order valence-corrected chi connectivity index (χ3v) is 5.36. The fourth-order valence-corrected chi connectivity index (χ4v) is 4.17. The van der Waals surface area contributed by atoms with Gasteiger partial charge in [-0.15, -0.1) is 0 Å². The van der Waals surface area contributed by atoms with Crippen LogP contribution in [0.1, 0.15) is 45.4 Å². The second-order valence-electron chi connectivity index (χ2n) is 6.69. The molecule has 0 spiro atoms. The van der Waals surface area contributed by atoms with Gasteiger partial charge in [-0.25, -0.2) is 4.79 Å². The Morgan fingerprint density at radius 1 is 1.10 bits per heavy atom. The lowest BCUT2D eigenvalue weighted by atomic mass is 9.89. The van der Waals surface area contributed by atoms with E-state index in [1.54, 1.807) is 0 Å². The summed E-state index contributed by atoms with van der Waals surface area (Å²) >= 11 is 0. The Labute approximate surface area is 119 Å². The number of aliphatic carboxylic acids is 1.